The van der Waals surface area contributed by atoms with Crippen LogP contribution in [0.3, 0.4) is 0 Å². The topological polar surface area (TPSA) is 24.9 Å². The molecule has 0 bridgehead atoms. The lowest BCUT2D eigenvalue weighted by atomic mass is 10.9. The van der Waals surface area contributed by atoms with Crippen LogP contribution >= 0.6 is 0 Å². The van der Waals surface area contributed by atoms with E-state index in [4.69, 9.17) is 9.68 Å². The standard InChI is InChI=1S/C4H10N2O2Si2/c1-3-7-5-9-6(10-5)8-4-2/h3-4H2,1-2H3. The van der Waals surface area contributed by atoms with Crippen molar-refractivity contribution in [2.24, 2.45) is 0 Å². The van der Waals surface area contributed by atoms with E-state index < -0.39 is 0 Å². The van der Waals surface area contributed by atoms with Crippen LogP contribution in [-0.4, -0.2) is 41.7 Å². The third-order valence-corrected chi connectivity index (χ3v) is 3.32. The predicted octanol–water partition coefficient (Wildman–Crippen LogP) is -0.425. The first-order valence-corrected chi connectivity index (χ1v) is 5.04. The fraction of sp³-hybridized carbons (Fsp3) is 1.00. The summed E-state index contributed by atoms with van der Waals surface area (Å²) in [5.74, 6) is 0. The lowest BCUT2D eigenvalue weighted by Gasteiger charge is -2.36. The van der Waals surface area contributed by atoms with Gasteiger partial charge < -0.3 is 9.68 Å². The Morgan fingerprint density at radius 2 is 1.40 bits per heavy atom. The quantitative estimate of drug-likeness (QED) is 0.540. The minimum absolute atomic E-state index is 0.551. The van der Waals surface area contributed by atoms with Crippen molar-refractivity contribution in [1.82, 2.24) is 8.79 Å². The average molecular weight is 174 g/mol. The van der Waals surface area contributed by atoms with Gasteiger partial charge in [0.1, 0.15) is 0 Å². The van der Waals surface area contributed by atoms with Crippen molar-refractivity contribution in [2.45, 2.75) is 13.8 Å². The third-order valence-electron chi connectivity index (χ3n) is 0.880. The predicted molar refractivity (Wildman–Crippen MR) is 38.4 cm³/mol. The van der Waals surface area contributed by atoms with Gasteiger partial charge in [-0.15, -0.1) is 0 Å². The largest absolute Gasteiger partial charge is 0.311 e. The molecule has 0 N–H and O–H groups in total. The molecule has 0 saturated carbocycles. The molecule has 0 aliphatic carbocycles. The van der Waals surface area contributed by atoms with Crippen LogP contribution in [0.1, 0.15) is 13.8 Å². The molecular formula is C4H10N2O2Si2. The number of rotatable bonds is 4. The molecule has 1 fully saturated rings. The molecule has 0 amide bonds. The molecule has 0 aromatic rings. The van der Waals surface area contributed by atoms with Crippen LogP contribution in [0.15, 0.2) is 0 Å². The van der Waals surface area contributed by atoms with E-state index >= 15 is 0 Å². The fourth-order valence-corrected chi connectivity index (χ4v) is 2.41. The molecule has 1 aliphatic heterocycles. The zero-order chi connectivity index (χ0) is 7.40. The van der Waals surface area contributed by atoms with Gasteiger partial charge in [0.2, 0.25) is 0 Å². The van der Waals surface area contributed by atoms with Crippen LogP contribution in [0.25, 0.3) is 0 Å². The smallest absolute Gasteiger partial charge is 0.292 e. The van der Waals surface area contributed by atoms with Crippen LogP contribution in [-0.2, 0) is 9.68 Å². The first-order chi connectivity index (χ1) is 4.86. The van der Waals surface area contributed by atoms with E-state index in [9.17, 15) is 0 Å². The summed E-state index contributed by atoms with van der Waals surface area (Å²) in [6.07, 6.45) is 0. The third kappa shape index (κ3) is 2.15. The van der Waals surface area contributed by atoms with Gasteiger partial charge in [0, 0.05) is 0 Å². The van der Waals surface area contributed by atoms with Gasteiger partial charge in [0.05, 0.1) is 13.2 Å². The first kappa shape index (κ1) is 8.37. The molecule has 0 aromatic heterocycles. The molecule has 56 valence electrons. The Hall–Kier alpha value is 0.274. The van der Waals surface area contributed by atoms with Crippen molar-refractivity contribution < 1.29 is 9.68 Å². The normalized spacial score (nSPS) is 21.0. The van der Waals surface area contributed by atoms with Crippen molar-refractivity contribution in [1.29, 1.82) is 0 Å². The van der Waals surface area contributed by atoms with E-state index in [0.29, 0.717) is 19.7 Å². The summed E-state index contributed by atoms with van der Waals surface area (Å²) in [5.41, 5.74) is 0. The van der Waals surface area contributed by atoms with Gasteiger partial charge in [0.15, 0.2) is 0 Å². The second kappa shape index (κ2) is 4.21. The van der Waals surface area contributed by atoms with E-state index in [-0.39, 0.29) is 0 Å². The van der Waals surface area contributed by atoms with Crippen molar-refractivity contribution in [3.63, 3.8) is 0 Å². The highest BCUT2D eigenvalue weighted by Crippen LogP contribution is 2.02. The molecule has 0 atom stereocenters. The summed E-state index contributed by atoms with van der Waals surface area (Å²) in [6.45, 7) is 5.47. The van der Waals surface area contributed by atoms with Crippen molar-refractivity contribution >= 4 is 19.7 Å². The SMILES string of the molecule is CCON1[Si]N(OCC)[Si]1. The van der Waals surface area contributed by atoms with E-state index in [1.165, 1.54) is 0 Å². The maximum atomic E-state index is 5.19. The summed E-state index contributed by atoms with van der Waals surface area (Å²) in [7, 11) is 1.10. The molecule has 0 aromatic carbocycles. The second-order valence-corrected chi connectivity index (χ2v) is 4.54. The monoisotopic (exact) mass is 174 g/mol. The Bertz CT molecular complexity index is 89.3. The van der Waals surface area contributed by atoms with Gasteiger partial charge in [0.25, 0.3) is 19.7 Å². The van der Waals surface area contributed by atoms with E-state index in [1.54, 1.807) is 0 Å². The number of hydrogen-bond acceptors (Lipinski definition) is 4. The summed E-state index contributed by atoms with van der Waals surface area (Å²) in [6, 6.07) is 0. The molecule has 1 rings (SSSR count). The molecular weight excluding hydrogens is 164 g/mol. The first-order valence-electron chi connectivity index (χ1n) is 3.25. The van der Waals surface area contributed by atoms with Crippen LogP contribution in [0.5, 0.6) is 0 Å². The molecule has 1 heterocycles. The van der Waals surface area contributed by atoms with Crippen molar-refractivity contribution in [2.75, 3.05) is 13.2 Å². The van der Waals surface area contributed by atoms with Crippen LogP contribution in [0.2, 0.25) is 0 Å². The number of hydrogen-bond donors (Lipinski definition) is 0. The summed E-state index contributed by atoms with van der Waals surface area (Å²) >= 11 is 0. The van der Waals surface area contributed by atoms with Gasteiger partial charge >= 0.3 is 0 Å². The minimum atomic E-state index is 0.551. The van der Waals surface area contributed by atoms with E-state index in [2.05, 4.69) is 0 Å². The summed E-state index contributed by atoms with van der Waals surface area (Å²) in [4.78, 5) is 10.4. The number of nitrogens with zero attached hydrogens (tertiary/aromatic N) is 2. The Morgan fingerprint density at radius 3 is 1.70 bits per heavy atom. The Kier molecular flexibility index (Phi) is 3.53. The van der Waals surface area contributed by atoms with Gasteiger partial charge in [-0.1, -0.05) is 0 Å². The maximum absolute atomic E-state index is 5.19. The highest BCUT2D eigenvalue weighted by Gasteiger charge is 2.29. The van der Waals surface area contributed by atoms with E-state index in [0.717, 1.165) is 13.2 Å². The molecule has 0 spiro atoms. The maximum Gasteiger partial charge on any atom is 0.292 e. The average Bonchev–Trinajstić information content (AvgIpc) is 1.84. The lowest BCUT2D eigenvalue weighted by molar-refractivity contribution is -0.108. The van der Waals surface area contributed by atoms with Gasteiger partial charge in [-0.25, -0.2) is 0 Å². The molecule has 10 heavy (non-hydrogen) atoms. The highest BCUT2D eigenvalue weighted by molar-refractivity contribution is 6.63. The molecule has 1 aliphatic rings. The van der Waals surface area contributed by atoms with Crippen LogP contribution in [0.4, 0.5) is 0 Å². The Labute approximate surface area is 66.0 Å². The Morgan fingerprint density at radius 1 is 1.00 bits per heavy atom. The van der Waals surface area contributed by atoms with Crippen LogP contribution < -0.4 is 0 Å². The molecule has 0 unspecified atom stereocenters. The van der Waals surface area contributed by atoms with Gasteiger partial charge in [-0.3, -0.25) is 0 Å². The van der Waals surface area contributed by atoms with Gasteiger partial charge in [-0.2, -0.15) is 8.79 Å². The summed E-state index contributed by atoms with van der Waals surface area (Å²) in [5, 5.41) is 0. The molecule has 4 radical (unpaired) electrons. The van der Waals surface area contributed by atoms with E-state index in [1.807, 2.05) is 22.6 Å². The zero-order valence-corrected chi connectivity index (χ0v) is 8.13. The minimum Gasteiger partial charge on any atom is -0.311 e. The second-order valence-electron chi connectivity index (χ2n) is 1.62. The Balaban J connectivity index is 1.95. The lowest BCUT2D eigenvalue weighted by Crippen LogP contribution is -2.60. The highest BCUT2D eigenvalue weighted by atomic mass is 28.4. The molecule has 1 saturated heterocycles. The van der Waals surface area contributed by atoms with Crippen LogP contribution in [0, 0.1) is 0 Å². The molecule has 6 heteroatoms. The van der Waals surface area contributed by atoms with Crippen molar-refractivity contribution in [3.8, 4) is 0 Å². The fourth-order valence-electron chi connectivity index (χ4n) is 0.539. The summed E-state index contributed by atoms with van der Waals surface area (Å²) < 4.78 is 3.82. The molecule has 4 nitrogen and oxygen atoms in total. The van der Waals surface area contributed by atoms with Gasteiger partial charge in [-0.05, 0) is 13.8 Å². The zero-order valence-electron chi connectivity index (χ0n) is 6.13. The van der Waals surface area contributed by atoms with Crippen molar-refractivity contribution in [3.05, 3.63) is 0 Å².